The Morgan fingerprint density at radius 3 is 2.62 bits per heavy atom. The Kier molecular flexibility index (Phi) is 3.28. The minimum atomic E-state index is -0.0518. The van der Waals surface area contributed by atoms with Gasteiger partial charge in [-0.25, -0.2) is 0 Å². The van der Waals surface area contributed by atoms with Crippen molar-refractivity contribution < 1.29 is 9.53 Å². The summed E-state index contributed by atoms with van der Waals surface area (Å²) in [5.41, 5.74) is 2.48. The molecule has 0 bridgehead atoms. The van der Waals surface area contributed by atoms with Gasteiger partial charge in [-0.1, -0.05) is 43.2 Å². The molecule has 2 heteroatoms. The van der Waals surface area contributed by atoms with E-state index in [4.69, 9.17) is 4.74 Å². The van der Waals surface area contributed by atoms with E-state index in [1.54, 1.807) is 0 Å². The van der Waals surface area contributed by atoms with Crippen LogP contribution in [0.25, 0.3) is 0 Å². The van der Waals surface area contributed by atoms with Crippen LogP contribution in [0.3, 0.4) is 0 Å². The van der Waals surface area contributed by atoms with Crippen LogP contribution in [0.1, 0.15) is 43.2 Å². The zero-order chi connectivity index (χ0) is 11.5. The molecule has 1 aliphatic heterocycles. The molecule has 1 fully saturated rings. The Balaban J connectivity index is 2.18. The zero-order valence-corrected chi connectivity index (χ0v) is 9.90. The second-order valence-corrected chi connectivity index (χ2v) is 4.54. The summed E-state index contributed by atoms with van der Waals surface area (Å²) >= 11 is 0. The number of rotatable bonds is 3. The van der Waals surface area contributed by atoms with E-state index in [0.29, 0.717) is 6.42 Å². The van der Waals surface area contributed by atoms with Gasteiger partial charge in [-0.05, 0) is 18.9 Å². The largest absolute Gasteiger partial charge is 0.462 e. The first-order valence-corrected chi connectivity index (χ1v) is 5.96. The van der Waals surface area contributed by atoms with E-state index in [1.165, 1.54) is 11.1 Å². The predicted molar refractivity (Wildman–Crippen MR) is 63.3 cm³/mol. The third-order valence-corrected chi connectivity index (χ3v) is 3.20. The van der Waals surface area contributed by atoms with Crippen molar-refractivity contribution >= 4 is 5.97 Å². The van der Waals surface area contributed by atoms with Crippen LogP contribution in [0.4, 0.5) is 0 Å². The van der Waals surface area contributed by atoms with E-state index in [2.05, 4.69) is 38.1 Å². The molecular weight excluding hydrogens is 200 g/mol. The van der Waals surface area contributed by atoms with Crippen molar-refractivity contribution in [1.29, 1.82) is 0 Å². The molecule has 1 heterocycles. The molecular formula is C14H18O2. The van der Waals surface area contributed by atoms with Crippen LogP contribution in [-0.2, 0) is 9.53 Å². The van der Waals surface area contributed by atoms with Gasteiger partial charge in [0.2, 0.25) is 0 Å². The number of carbonyl (C=O) groups is 1. The van der Waals surface area contributed by atoms with E-state index in [-0.39, 0.29) is 18.0 Å². The van der Waals surface area contributed by atoms with Crippen LogP contribution in [0.2, 0.25) is 0 Å². The molecule has 0 radical (unpaired) electrons. The van der Waals surface area contributed by atoms with Gasteiger partial charge in [-0.15, -0.1) is 0 Å². The highest BCUT2D eigenvalue weighted by Crippen LogP contribution is 2.34. The highest BCUT2D eigenvalue weighted by molar-refractivity contribution is 5.73. The van der Waals surface area contributed by atoms with Crippen molar-refractivity contribution in [2.75, 3.05) is 0 Å². The van der Waals surface area contributed by atoms with Crippen molar-refractivity contribution in [1.82, 2.24) is 0 Å². The Bertz CT molecular complexity index is 367. The van der Waals surface area contributed by atoms with Gasteiger partial charge in [0.1, 0.15) is 6.10 Å². The summed E-state index contributed by atoms with van der Waals surface area (Å²) in [5.74, 6) is 0.206. The maximum atomic E-state index is 11.4. The minimum absolute atomic E-state index is 0.0518. The Hall–Kier alpha value is -1.31. The van der Waals surface area contributed by atoms with Crippen molar-refractivity contribution in [3.63, 3.8) is 0 Å². The van der Waals surface area contributed by atoms with E-state index in [0.717, 1.165) is 12.8 Å². The summed E-state index contributed by atoms with van der Waals surface area (Å²) in [6.45, 7) is 4.20. The summed E-state index contributed by atoms with van der Waals surface area (Å²) in [6, 6.07) is 8.43. The molecule has 2 rings (SSSR count). The average Bonchev–Trinajstić information content (AvgIpc) is 2.61. The van der Waals surface area contributed by atoms with Crippen LogP contribution in [0.15, 0.2) is 24.3 Å². The van der Waals surface area contributed by atoms with Crippen LogP contribution >= 0.6 is 0 Å². The lowest BCUT2D eigenvalue weighted by molar-refractivity contribution is -0.141. The molecule has 1 saturated heterocycles. The first-order valence-electron chi connectivity index (χ1n) is 5.96. The van der Waals surface area contributed by atoms with Crippen molar-refractivity contribution in [3.05, 3.63) is 35.4 Å². The second-order valence-electron chi connectivity index (χ2n) is 4.54. The number of ether oxygens (including phenoxy) is 1. The maximum Gasteiger partial charge on any atom is 0.306 e. The fraction of sp³-hybridized carbons (Fsp3) is 0.500. The lowest BCUT2D eigenvalue weighted by atomic mass is 9.90. The van der Waals surface area contributed by atoms with Gasteiger partial charge in [-0.2, -0.15) is 0 Å². The normalized spacial score (nSPS) is 24.5. The predicted octanol–water partition coefficient (Wildman–Crippen LogP) is 3.19. The molecule has 0 unspecified atom stereocenters. The van der Waals surface area contributed by atoms with E-state index >= 15 is 0 Å². The highest BCUT2D eigenvalue weighted by Gasteiger charge is 2.34. The quantitative estimate of drug-likeness (QED) is 0.728. The lowest BCUT2D eigenvalue weighted by Gasteiger charge is -2.17. The molecule has 86 valence electrons. The number of carbonyl (C=O) groups excluding carboxylic acids is 1. The topological polar surface area (TPSA) is 26.3 Å². The maximum absolute atomic E-state index is 11.4. The van der Waals surface area contributed by atoms with Crippen LogP contribution < -0.4 is 0 Å². The first kappa shape index (κ1) is 11.2. The van der Waals surface area contributed by atoms with E-state index in [9.17, 15) is 4.79 Å². The highest BCUT2D eigenvalue weighted by atomic mass is 16.5. The summed E-state index contributed by atoms with van der Waals surface area (Å²) in [4.78, 5) is 11.4. The van der Waals surface area contributed by atoms with Gasteiger partial charge in [0, 0.05) is 5.92 Å². The number of hydrogen-bond acceptors (Lipinski definition) is 2. The molecule has 1 aliphatic rings. The summed E-state index contributed by atoms with van der Waals surface area (Å²) in [6.07, 6.45) is 2.64. The molecule has 2 atom stereocenters. The molecule has 16 heavy (non-hydrogen) atoms. The Morgan fingerprint density at radius 1 is 1.31 bits per heavy atom. The van der Waals surface area contributed by atoms with E-state index in [1.807, 2.05) is 0 Å². The van der Waals surface area contributed by atoms with Crippen molar-refractivity contribution in [2.24, 2.45) is 0 Å². The molecule has 1 aromatic carbocycles. The third-order valence-electron chi connectivity index (χ3n) is 3.20. The van der Waals surface area contributed by atoms with E-state index < -0.39 is 0 Å². The molecule has 0 amide bonds. The van der Waals surface area contributed by atoms with Gasteiger partial charge >= 0.3 is 5.97 Å². The molecule has 1 aromatic rings. The van der Waals surface area contributed by atoms with Gasteiger partial charge in [0.15, 0.2) is 0 Å². The summed E-state index contributed by atoms with van der Waals surface area (Å²) < 4.78 is 5.36. The smallest absolute Gasteiger partial charge is 0.306 e. The molecule has 0 saturated carbocycles. The van der Waals surface area contributed by atoms with Crippen LogP contribution in [-0.4, -0.2) is 12.1 Å². The zero-order valence-electron chi connectivity index (χ0n) is 9.90. The number of aryl methyl sites for hydroxylation is 1. The van der Waals surface area contributed by atoms with Gasteiger partial charge < -0.3 is 4.74 Å². The SMILES string of the molecule is CCC[C@@H]1OC(=O)C[C@@H]1c1ccc(C)cc1. The van der Waals surface area contributed by atoms with Crippen molar-refractivity contribution in [3.8, 4) is 0 Å². The lowest BCUT2D eigenvalue weighted by Crippen LogP contribution is -2.14. The molecule has 0 aromatic heterocycles. The third kappa shape index (κ3) is 2.26. The Labute approximate surface area is 96.6 Å². The standard InChI is InChI=1S/C14H18O2/c1-3-4-13-12(9-14(15)16-13)11-7-5-10(2)6-8-11/h5-8,12-13H,3-4,9H2,1-2H3/t12-,13+/m1/s1. The molecule has 2 nitrogen and oxygen atoms in total. The fourth-order valence-corrected chi connectivity index (χ4v) is 2.30. The monoisotopic (exact) mass is 218 g/mol. The van der Waals surface area contributed by atoms with Gasteiger partial charge in [-0.3, -0.25) is 4.79 Å². The van der Waals surface area contributed by atoms with Gasteiger partial charge in [0.05, 0.1) is 6.42 Å². The molecule has 0 aliphatic carbocycles. The Morgan fingerprint density at radius 2 is 2.00 bits per heavy atom. The van der Waals surface area contributed by atoms with Gasteiger partial charge in [0.25, 0.3) is 0 Å². The first-order chi connectivity index (χ1) is 7.70. The number of cyclic esters (lactones) is 1. The molecule has 0 N–H and O–H groups in total. The fourth-order valence-electron chi connectivity index (χ4n) is 2.30. The summed E-state index contributed by atoms with van der Waals surface area (Å²) in [5, 5.41) is 0. The molecule has 0 spiro atoms. The van der Waals surface area contributed by atoms with Crippen LogP contribution in [0.5, 0.6) is 0 Å². The summed E-state index contributed by atoms with van der Waals surface area (Å²) in [7, 11) is 0. The minimum Gasteiger partial charge on any atom is -0.462 e. The van der Waals surface area contributed by atoms with Crippen molar-refractivity contribution in [2.45, 2.75) is 45.1 Å². The second kappa shape index (κ2) is 4.69. The average molecular weight is 218 g/mol. The van der Waals surface area contributed by atoms with Crippen LogP contribution in [0, 0.1) is 6.92 Å². The number of benzene rings is 1. The number of esters is 1. The number of hydrogen-bond donors (Lipinski definition) is 0.